The SMILES string of the molecule is COc1cc2c(cc1OC)[C@@](O)(C(=O)N[C@@H](C)c1ccccc1)N(Cc1ccccc1)C2=O. The van der Waals surface area contributed by atoms with E-state index in [0.717, 1.165) is 11.1 Å². The van der Waals surface area contributed by atoms with Crippen molar-refractivity contribution < 1.29 is 24.2 Å². The van der Waals surface area contributed by atoms with Crippen molar-refractivity contribution in [2.45, 2.75) is 25.2 Å². The zero-order chi connectivity index (χ0) is 23.6. The molecule has 0 spiro atoms. The van der Waals surface area contributed by atoms with Crippen LogP contribution in [0, 0.1) is 0 Å². The number of nitrogens with one attached hydrogen (secondary N) is 1. The molecule has 2 N–H and O–H groups in total. The van der Waals surface area contributed by atoms with E-state index in [0.29, 0.717) is 11.5 Å². The number of hydrogen-bond acceptors (Lipinski definition) is 5. The quantitative estimate of drug-likeness (QED) is 0.581. The third-order valence-electron chi connectivity index (χ3n) is 5.91. The molecule has 0 radical (unpaired) electrons. The monoisotopic (exact) mass is 446 g/mol. The molecule has 0 bridgehead atoms. The summed E-state index contributed by atoms with van der Waals surface area (Å²) in [6, 6.07) is 21.2. The van der Waals surface area contributed by atoms with Crippen molar-refractivity contribution >= 4 is 11.8 Å². The molecule has 2 atom stereocenters. The molecule has 33 heavy (non-hydrogen) atoms. The van der Waals surface area contributed by atoms with Crippen molar-refractivity contribution in [1.82, 2.24) is 10.2 Å². The number of rotatable bonds is 7. The first kappa shape index (κ1) is 22.4. The molecule has 0 saturated heterocycles. The minimum atomic E-state index is -2.23. The zero-order valence-electron chi connectivity index (χ0n) is 18.7. The minimum Gasteiger partial charge on any atom is -0.493 e. The number of amides is 2. The van der Waals surface area contributed by atoms with Gasteiger partial charge in [-0.15, -0.1) is 0 Å². The first-order chi connectivity index (χ1) is 15.9. The molecule has 4 rings (SSSR count). The van der Waals surface area contributed by atoms with E-state index in [1.165, 1.54) is 31.3 Å². The highest BCUT2D eigenvalue weighted by molar-refractivity contribution is 6.06. The molecule has 0 aromatic heterocycles. The topological polar surface area (TPSA) is 88.1 Å². The summed E-state index contributed by atoms with van der Waals surface area (Å²) < 4.78 is 10.7. The van der Waals surface area contributed by atoms with E-state index in [9.17, 15) is 14.7 Å². The van der Waals surface area contributed by atoms with Crippen molar-refractivity contribution in [3.63, 3.8) is 0 Å². The summed E-state index contributed by atoms with van der Waals surface area (Å²) in [6.07, 6.45) is 0. The Balaban J connectivity index is 1.78. The number of nitrogens with zero attached hydrogens (tertiary/aromatic N) is 1. The maximum absolute atomic E-state index is 13.6. The summed E-state index contributed by atoms with van der Waals surface area (Å²) in [6.45, 7) is 1.87. The first-order valence-electron chi connectivity index (χ1n) is 10.6. The summed E-state index contributed by atoms with van der Waals surface area (Å²) in [4.78, 5) is 28.2. The molecule has 0 saturated carbocycles. The Morgan fingerprint density at radius 3 is 2.18 bits per heavy atom. The maximum Gasteiger partial charge on any atom is 0.278 e. The highest BCUT2D eigenvalue weighted by atomic mass is 16.5. The van der Waals surface area contributed by atoms with Crippen LogP contribution in [0.1, 0.15) is 40.0 Å². The largest absolute Gasteiger partial charge is 0.493 e. The average molecular weight is 447 g/mol. The van der Waals surface area contributed by atoms with Gasteiger partial charge >= 0.3 is 0 Å². The molecule has 1 aliphatic heterocycles. The summed E-state index contributed by atoms with van der Waals surface area (Å²) in [5.74, 6) is -0.520. The lowest BCUT2D eigenvalue weighted by molar-refractivity contribution is -0.160. The lowest BCUT2D eigenvalue weighted by Crippen LogP contribution is -2.54. The Kier molecular flexibility index (Phi) is 6.07. The van der Waals surface area contributed by atoms with Gasteiger partial charge in [0.15, 0.2) is 11.5 Å². The fourth-order valence-electron chi connectivity index (χ4n) is 4.10. The number of aliphatic hydroxyl groups is 1. The molecule has 0 unspecified atom stereocenters. The van der Waals surface area contributed by atoms with Gasteiger partial charge in [0, 0.05) is 12.1 Å². The summed E-state index contributed by atoms with van der Waals surface area (Å²) in [5.41, 5.74) is -0.238. The Hall–Kier alpha value is -3.84. The van der Waals surface area contributed by atoms with E-state index in [-0.39, 0.29) is 23.7 Å². The normalized spacial score (nSPS) is 17.9. The standard InChI is InChI=1S/C26H26N2O5/c1-17(19-12-8-5-9-13-19)27-25(30)26(31)21-15-23(33-3)22(32-2)14-20(21)24(29)28(26)16-18-10-6-4-7-11-18/h4-15,17,31H,16H2,1-3H3,(H,27,30)/t17-,26+/m0/s1. The van der Waals surface area contributed by atoms with Gasteiger partial charge in [0.05, 0.1) is 25.8 Å². The number of ether oxygens (including phenoxy) is 2. The van der Waals surface area contributed by atoms with Crippen molar-refractivity contribution in [3.8, 4) is 11.5 Å². The van der Waals surface area contributed by atoms with Gasteiger partial charge in [-0.25, -0.2) is 0 Å². The lowest BCUT2D eigenvalue weighted by Gasteiger charge is -2.34. The van der Waals surface area contributed by atoms with Crippen LogP contribution in [0.4, 0.5) is 0 Å². The van der Waals surface area contributed by atoms with Crippen LogP contribution in [0.25, 0.3) is 0 Å². The van der Waals surface area contributed by atoms with Crippen molar-refractivity contribution in [2.75, 3.05) is 14.2 Å². The second kappa shape index (κ2) is 8.96. The summed E-state index contributed by atoms with van der Waals surface area (Å²) in [5, 5.41) is 14.7. The van der Waals surface area contributed by atoms with Gasteiger partial charge in [0.25, 0.3) is 11.8 Å². The highest BCUT2D eigenvalue weighted by Gasteiger charge is 2.55. The number of benzene rings is 3. The number of carbonyl (C=O) groups excluding carboxylic acids is 2. The fraction of sp³-hybridized carbons (Fsp3) is 0.231. The molecule has 170 valence electrons. The molecule has 1 aliphatic rings. The average Bonchev–Trinajstić information content (AvgIpc) is 3.06. The van der Waals surface area contributed by atoms with Gasteiger partial charge in [0.2, 0.25) is 5.72 Å². The smallest absolute Gasteiger partial charge is 0.278 e. The van der Waals surface area contributed by atoms with Crippen LogP contribution >= 0.6 is 0 Å². The molecular formula is C26H26N2O5. The Labute approximate surface area is 192 Å². The molecule has 2 amide bonds. The van der Waals surface area contributed by atoms with Crippen LogP contribution in [0.2, 0.25) is 0 Å². The molecule has 1 heterocycles. The Morgan fingerprint density at radius 1 is 1.00 bits per heavy atom. The molecule has 3 aromatic carbocycles. The van der Waals surface area contributed by atoms with Gasteiger partial charge < -0.3 is 19.9 Å². The van der Waals surface area contributed by atoms with Gasteiger partial charge in [-0.3, -0.25) is 14.5 Å². The van der Waals surface area contributed by atoms with Crippen LogP contribution in [0.3, 0.4) is 0 Å². The van der Waals surface area contributed by atoms with Crippen molar-refractivity contribution in [1.29, 1.82) is 0 Å². The lowest BCUT2D eigenvalue weighted by atomic mass is 9.98. The van der Waals surface area contributed by atoms with Crippen LogP contribution in [0.5, 0.6) is 11.5 Å². The Bertz CT molecular complexity index is 1170. The van der Waals surface area contributed by atoms with Gasteiger partial charge in [-0.2, -0.15) is 0 Å². The predicted octanol–water partition coefficient (Wildman–Crippen LogP) is 3.38. The van der Waals surface area contributed by atoms with E-state index in [2.05, 4.69) is 5.32 Å². The minimum absolute atomic E-state index is 0.0443. The molecular weight excluding hydrogens is 420 g/mol. The zero-order valence-corrected chi connectivity index (χ0v) is 18.7. The molecule has 7 nitrogen and oxygen atoms in total. The maximum atomic E-state index is 13.6. The summed E-state index contributed by atoms with van der Waals surface area (Å²) in [7, 11) is 2.92. The number of carbonyl (C=O) groups is 2. The highest BCUT2D eigenvalue weighted by Crippen LogP contribution is 2.44. The number of fused-ring (bicyclic) bond motifs is 1. The molecule has 7 heteroatoms. The van der Waals surface area contributed by atoms with Crippen molar-refractivity contribution in [2.24, 2.45) is 0 Å². The van der Waals surface area contributed by atoms with E-state index in [1.54, 1.807) is 0 Å². The van der Waals surface area contributed by atoms with Gasteiger partial charge in [-0.05, 0) is 30.2 Å². The third kappa shape index (κ3) is 3.91. The van der Waals surface area contributed by atoms with E-state index >= 15 is 0 Å². The van der Waals surface area contributed by atoms with E-state index < -0.39 is 17.5 Å². The molecule has 0 fully saturated rings. The molecule has 0 aliphatic carbocycles. The second-order valence-electron chi connectivity index (χ2n) is 7.91. The van der Waals surface area contributed by atoms with E-state index in [4.69, 9.17) is 9.47 Å². The fourth-order valence-corrected chi connectivity index (χ4v) is 4.10. The second-order valence-corrected chi connectivity index (χ2v) is 7.91. The predicted molar refractivity (Wildman–Crippen MR) is 123 cm³/mol. The van der Waals surface area contributed by atoms with Crippen molar-refractivity contribution in [3.05, 3.63) is 95.1 Å². The van der Waals surface area contributed by atoms with Gasteiger partial charge in [0.1, 0.15) is 0 Å². The molecule has 3 aromatic rings. The van der Waals surface area contributed by atoms with Crippen LogP contribution in [-0.4, -0.2) is 36.0 Å². The number of hydrogen-bond donors (Lipinski definition) is 2. The Morgan fingerprint density at radius 2 is 1.58 bits per heavy atom. The number of methoxy groups -OCH3 is 2. The van der Waals surface area contributed by atoms with E-state index in [1.807, 2.05) is 67.6 Å². The van der Waals surface area contributed by atoms with Gasteiger partial charge in [-0.1, -0.05) is 60.7 Å². The first-order valence-corrected chi connectivity index (χ1v) is 10.6. The van der Waals surface area contributed by atoms with Crippen LogP contribution in [-0.2, 0) is 17.1 Å². The van der Waals surface area contributed by atoms with Crippen LogP contribution in [0.15, 0.2) is 72.8 Å². The third-order valence-corrected chi connectivity index (χ3v) is 5.91. The summed E-state index contributed by atoms with van der Waals surface area (Å²) >= 11 is 0. The van der Waals surface area contributed by atoms with Crippen LogP contribution < -0.4 is 14.8 Å².